The molecular weight excluding hydrogens is 228 g/mol. The van der Waals surface area contributed by atoms with E-state index in [0.29, 0.717) is 5.41 Å². The van der Waals surface area contributed by atoms with Gasteiger partial charge in [0, 0.05) is 6.54 Å². The van der Waals surface area contributed by atoms with Gasteiger partial charge in [0.2, 0.25) is 5.91 Å². The number of carbonyl (C=O) groups is 1. The van der Waals surface area contributed by atoms with Crippen LogP contribution in [-0.2, 0) is 4.79 Å². The van der Waals surface area contributed by atoms with Gasteiger partial charge in [-0.05, 0) is 61.7 Å². The number of aliphatic hydroxyl groups excluding tert-OH is 1. The van der Waals surface area contributed by atoms with E-state index in [4.69, 9.17) is 10.8 Å². The van der Waals surface area contributed by atoms with E-state index in [1.165, 1.54) is 38.5 Å². The van der Waals surface area contributed by atoms with E-state index in [1.807, 2.05) is 0 Å². The molecule has 0 aliphatic heterocycles. The molecule has 18 heavy (non-hydrogen) atoms. The summed E-state index contributed by atoms with van der Waals surface area (Å²) >= 11 is 0. The molecule has 0 aromatic heterocycles. The van der Waals surface area contributed by atoms with Crippen LogP contribution >= 0.6 is 0 Å². The summed E-state index contributed by atoms with van der Waals surface area (Å²) in [5.41, 5.74) is 5.88. The predicted molar refractivity (Wildman–Crippen MR) is 68.7 cm³/mol. The van der Waals surface area contributed by atoms with Gasteiger partial charge in [0.25, 0.3) is 0 Å². The number of rotatable bonds is 4. The van der Waals surface area contributed by atoms with Gasteiger partial charge in [-0.15, -0.1) is 0 Å². The number of hydrogen-bond acceptors (Lipinski definition) is 3. The lowest BCUT2D eigenvalue weighted by atomic mass is 9.49. The van der Waals surface area contributed by atoms with E-state index in [1.54, 1.807) is 0 Å². The quantitative estimate of drug-likeness (QED) is 0.687. The molecule has 4 aliphatic rings. The van der Waals surface area contributed by atoms with Crippen molar-refractivity contribution in [3.63, 3.8) is 0 Å². The zero-order chi connectivity index (χ0) is 12.8. The van der Waals surface area contributed by atoms with Crippen molar-refractivity contribution in [2.24, 2.45) is 28.9 Å². The number of hydrogen-bond donors (Lipinski definition) is 3. The summed E-state index contributed by atoms with van der Waals surface area (Å²) < 4.78 is 0. The molecule has 0 aromatic rings. The zero-order valence-electron chi connectivity index (χ0n) is 10.9. The molecule has 0 heterocycles. The fourth-order valence-electron chi connectivity index (χ4n) is 5.00. The third-order valence-corrected chi connectivity index (χ3v) is 5.34. The zero-order valence-corrected chi connectivity index (χ0v) is 10.9. The molecule has 1 atom stereocenters. The maximum absolute atomic E-state index is 11.7. The normalized spacial score (nSPS) is 42.9. The molecule has 4 heteroatoms. The van der Waals surface area contributed by atoms with E-state index >= 15 is 0 Å². The molecule has 4 bridgehead atoms. The number of nitrogens with two attached hydrogens (primary N) is 1. The summed E-state index contributed by atoms with van der Waals surface area (Å²) in [6.45, 7) is 0.496. The van der Waals surface area contributed by atoms with Crippen LogP contribution in [0.3, 0.4) is 0 Å². The highest BCUT2D eigenvalue weighted by Gasteiger charge is 2.50. The minimum atomic E-state index is -0.765. The van der Waals surface area contributed by atoms with Crippen molar-refractivity contribution in [3.05, 3.63) is 0 Å². The minimum Gasteiger partial charge on any atom is -0.394 e. The standard InChI is InChI=1S/C14H24N2O2/c15-12(7-17)13(18)16-8-14-4-9-1-10(5-14)3-11(2-9)6-14/h9-12,17H,1-8,15H2,(H,16,18). The topological polar surface area (TPSA) is 75.3 Å². The van der Waals surface area contributed by atoms with Gasteiger partial charge in [-0.3, -0.25) is 4.79 Å². The summed E-state index contributed by atoms with van der Waals surface area (Å²) in [6, 6.07) is -0.765. The Bertz CT molecular complexity index is 307. The number of amides is 1. The Balaban J connectivity index is 1.61. The molecule has 102 valence electrons. The van der Waals surface area contributed by atoms with Crippen molar-refractivity contribution in [3.8, 4) is 0 Å². The summed E-state index contributed by atoms with van der Waals surface area (Å²) in [4.78, 5) is 11.7. The molecule has 0 saturated heterocycles. The second-order valence-corrected chi connectivity index (χ2v) is 6.92. The monoisotopic (exact) mass is 252 g/mol. The first-order chi connectivity index (χ1) is 8.60. The van der Waals surface area contributed by atoms with Gasteiger partial charge in [0.05, 0.1) is 6.61 Å². The van der Waals surface area contributed by atoms with Crippen LogP contribution in [0.4, 0.5) is 0 Å². The molecule has 4 fully saturated rings. The van der Waals surface area contributed by atoms with Crippen molar-refractivity contribution in [2.45, 2.75) is 44.6 Å². The van der Waals surface area contributed by atoms with Gasteiger partial charge < -0.3 is 16.2 Å². The average Bonchev–Trinajstić information content (AvgIpc) is 2.33. The van der Waals surface area contributed by atoms with Crippen LogP contribution in [0.25, 0.3) is 0 Å². The molecule has 4 N–H and O–H groups in total. The highest BCUT2D eigenvalue weighted by Crippen LogP contribution is 2.59. The van der Waals surface area contributed by atoms with Gasteiger partial charge in [-0.25, -0.2) is 0 Å². The smallest absolute Gasteiger partial charge is 0.239 e. The Morgan fingerprint density at radius 3 is 2.17 bits per heavy atom. The molecule has 4 rings (SSSR count). The van der Waals surface area contributed by atoms with Crippen LogP contribution in [0.15, 0.2) is 0 Å². The first-order valence-electron chi connectivity index (χ1n) is 7.24. The van der Waals surface area contributed by atoms with Crippen LogP contribution in [0.5, 0.6) is 0 Å². The van der Waals surface area contributed by atoms with E-state index in [0.717, 1.165) is 24.3 Å². The summed E-state index contributed by atoms with van der Waals surface area (Å²) in [5.74, 6) is 2.51. The van der Waals surface area contributed by atoms with Crippen LogP contribution < -0.4 is 11.1 Å². The molecule has 0 aromatic carbocycles. The van der Waals surface area contributed by atoms with E-state index < -0.39 is 6.04 Å². The molecule has 1 unspecified atom stereocenters. The van der Waals surface area contributed by atoms with Crippen LogP contribution in [0.1, 0.15) is 38.5 Å². The lowest BCUT2D eigenvalue weighted by Gasteiger charge is -2.57. The SMILES string of the molecule is NC(CO)C(=O)NCC12CC3CC(CC(C3)C1)C2. The molecule has 0 spiro atoms. The van der Waals surface area contributed by atoms with Crippen molar-refractivity contribution >= 4 is 5.91 Å². The third kappa shape index (κ3) is 2.16. The number of nitrogens with one attached hydrogen (secondary N) is 1. The Hall–Kier alpha value is -0.610. The van der Waals surface area contributed by atoms with Gasteiger partial charge in [0.1, 0.15) is 6.04 Å². The van der Waals surface area contributed by atoms with Crippen molar-refractivity contribution in [1.82, 2.24) is 5.32 Å². The first kappa shape index (κ1) is 12.4. The summed E-state index contributed by atoms with van der Waals surface area (Å²) in [6.07, 6.45) is 8.12. The van der Waals surface area contributed by atoms with Crippen LogP contribution in [0, 0.1) is 23.2 Å². The van der Waals surface area contributed by atoms with Crippen LogP contribution in [-0.4, -0.2) is 30.2 Å². The third-order valence-electron chi connectivity index (χ3n) is 5.34. The van der Waals surface area contributed by atoms with Gasteiger partial charge in [-0.1, -0.05) is 0 Å². The Kier molecular flexibility index (Phi) is 3.10. The van der Waals surface area contributed by atoms with Gasteiger partial charge >= 0.3 is 0 Å². The Labute approximate surface area is 108 Å². The van der Waals surface area contributed by atoms with Gasteiger partial charge in [0.15, 0.2) is 0 Å². The summed E-state index contributed by atoms with van der Waals surface area (Å²) in [7, 11) is 0. The van der Waals surface area contributed by atoms with Gasteiger partial charge in [-0.2, -0.15) is 0 Å². The largest absolute Gasteiger partial charge is 0.394 e. The lowest BCUT2D eigenvalue weighted by Crippen LogP contribution is -2.53. The fraction of sp³-hybridized carbons (Fsp3) is 0.929. The van der Waals surface area contributed by atoms with Crippen molar-refractivity contribution < 1.29 is 9.90 Å². The highest BCUT2D eigenvalue weighted by molar-refractivity contribution is 5.81. The highest BCUT2D eigenvalue weighted by atomic mass is 16.3. The molecule has 4 aliphatic carbocycles. The second-order valence-electron chi connectivity index (χ2n) is 6.92. The maximum Gasteiger partial charge on any atom is 0.239 e. The van der Waals surface area contributed by atoms with Crippen molar-refractivity contribution in [2.75, 3.05) is 13.2 Å². The van der Waals surface area contributed by atoms with E-state index in [2.05, 4.69) is 5.32 Å². The van der Waals surface area contributed by atoms with Crippen molar-refractivity contribution in [1.29, 1.82) is 0 Å². The minimum absolute atomic E-state index is 0.201. The Morgan fingerprint density at radius 1 is 1.22 bits per heavy atom. The molecule has 4 saturated carbocycles. The maximum atomic E-state index is 11.7. The molecular formula is C14H24N2O2. The number of carbonyl (C=O) groups excluding carboxylic acids is 1. The second kappa shape index (κ2) is 4.49. The molecule has 0 radical (unpaired) electrons. The van der Waals surface area contributed by atoms with E-state index in [-0.39, 0.29) is 12.5 Å². The average molecular weight is 252 g/mol. The molecule has 4 nitrogen and oxygen atoms in total. The number of aliphatic hydroxyl groups is 1. The first-order valence-corrected chi connectivity index (χ1v) is 7.24. The van der Waals surface area contributed by atoms with Crippen LogP contribution in [0.2, 0.25) is 0 Å². The fourth-order valence-corrected chi connectivity index (χ4v) is 5.00. The van der Waals surface area contributed by atoms with E-state index in [9.17, 15) is 4.79 Å². The predicted octanol–water partition coefficient (Wildman–Crippen LogP) is 0.639. The Morgan fingerprint density at radius 2 is 1.72 bits per heavy atom. The summed E-state index contributed by atoms with van der Waals surface area (Å²) in [5, 5.41) is 11.8. The molecule has 1 amide bonds. The lowest BCUT2D eigenvalue weighted by molar-refractivity contribution is -0.125.